The first-order valence-electron chi connectivity index (χ1n) is 11.6. The molecule has 0 spiro atoms. The Bertz CT molecular complexity index is 1040. The van der Waals surface area contributed by atoms with Gasteiger partial charge >= 0.3 is 0 Å². The summed E-state index contributed by atoms with van der Waals surface area (Å²) in [6.07, 6.45) is 4.01. The number of rotatable bonds is 8. The molecule has 1 aromatic heterocycles. The summed E-state index contributed by atoms with van der Waals surface area (Å²) in [5, 5.41) is 5.12. The fourth-order valence-corrected chi connectivity index (χ4v) is 7.17. The summed E-state index contributed by atoms with van der Waals surface area (Å²) in [4.78, 5) is 16.8. The van der Waals surface area contributed by atoms with Gasteiger partial charge in [-0.2, -0.15) is 4.31 Å². The molecule has 1 atom stereocenters. The maximum atomic E-state index is 13.2. The molecule has 2 aromatic rings. The predicted octanol–water partition coefficient (Wildman–Crippen LogP) is 3.74. The second-order valence-electron chi connectivity index (χ2n) is 8.94. The first-order valence-corrected chi connectivity index (χ1v) is 14.0. The van der Waals surface area contributed by atoms with Crippen LogP contribution in [0.15, 0.2) is 40.6 Å². The van der Waals surface area contributed by atoms with Crippen molar-refractivity contribution in [3.05, 3.63) is 46.2 Å². The minimum absolute atomic E-state index is 0.0550. The van der Waals surface area contributed by atoms with Crippen LogP contribution in [-0.4, -0.2) is 63.4 Å². The van der Waals surface area contributed by atoms with Gasteiger partial charge in [-0.15, -0.1) is 11.3 Å². The Kier molecular flexibility index (Phi) is 7.73. The Morgan fingerprint density at radius 3 is 2.55 bits per heavy atom. The molecule has 9 heteroatoms. The van der Waals surface area contributed by atoms with Crippen molar-refractivity contribution in [1.29, 1.82) is 0 Å². The molecule has 0 bridgehead atoms. The third kappa shape index (κ3) is 5.42. The van der Waals surface area contributed by atoms with Crippen molar-refractivity contribution in [1.82, 2.24) is 14.5 Å². The summed E-state index contributed by atoms with van der Waals surface area (Å²) in [6.45, 7) is 5.79. The first kappa shape index (κ1) is 24.2. The van der Waals surface area contributed by atoms with E-state index in [0.717, 1.165) is 44.7 Å². The highest BCUT2D eigenvalue weighted by Gasteiger charge is 2.31. The van der Waals surface area contributed by atoms with Gasteiger partial charge in [0.25, 0.3) is 5.91 Å². The number of nitrogens with one attached hydrogen (secondary N) is 1. The van der Waals surface area contributed by atoms with Crippen molar-refractivity contribution in [2.45, 2.75) is 43.5 Å². The van der Waals surface area contributed by atoms with Crippen molar-refractivity contribution in [2.75, 3.05) is 39.8 Å². The molecule has 0 aliphatic carbocycles. The summed E-state index contributed by atoms with van der Waals surface area (Å²) in [7, 11) is -2.26. The summed E-state index contributed by atoms with van der Waals surface area (Å²) in [5.41, 5.74) is 0.325. The maximum Gasteiger partial charge on any atom is 0.251 e. The van der Waals surface area contributed by atoms with Crippen molar-refractivity contribution >= 4 is 27.3 Å². The third-order valence-electron chi connectivity index (χ3n) is 6.70. The Morgan fingerprint density at radius 2 is 1.91 bits per heavy atom. The number of carbonyl (C=O) groups excluding carboxylic acids is 1. The molecule has 1 N–H and O–H groups in total. The highest BCUT2D eigenvalue weighted by Crippen LogP contribution is 2.31. The van der Waals surface area contributed by atoms with Gasteiger partial charge in [0.2, 0.25) is 10.0 Å². The highest BCUT2D eigenvalue weighted by molar-refractivity contribution is 7.89. The zero-order valence-electron chi connectivity index (χ0n) is 19.3. The van der Waals surface area contributed by atoms with Crippen molar-refractivity contribution < 1.29 is 17.9 Å². The lowest BCUT2D eigenvalue weighted by molar-refractivity contribution is 0.0914. The molecular weight excluding hydrogens is 458 g/mol. The van der Waals surface area contributed by atoms with Gasteiger partial charge in [-0.05, 0) is 74.3 Å². The van der Waals surface area contributed by atoms with E-state index in [9.17, 15) is 13.2 Å². The van der Waals surface area contributed by atoms with E-state index in [1.807, 2.05) is 6.07 Å². The smallest absolute Gasteiger partial charge is 0.251 e. The predicted molar refractivity (Wildman–Crippen MR) is 130 cm³/mol. The minimum atomic E-state index is -3.70. The fourth-order valence-electron chi connectivity index (χ4n) is 4.61. The van der Waals surface area contributed by atoms with E-state index < -0.39 is 10.0 Å². The van der Waals surface area contributed by atoms with Crippen LogP contribution in [0, 0.1) is 5.92 Å². The lowest BCUT2D eigenvalue weighted by Gasteiger charge is -2.36. The second-order valence-corrected chi connectivity index (χ2v) is 11.8. The van der Waals surface area contributed by atoms with Gasteiger partial charge in [-0.25, -0.2) is 8.42 Å². The number of thiophene rings is 1. The second kappa shape index (κ2) is 10.5. The molecule has 0 saturated carbocycles. The van der Waals surface area contributed by atoms with Gasteiger partial charge in [-0.1, -0.05) is 13.0 Å². The molecule has 2 aliphatic heterocycles. The molecule has 180 valence electrons. The van der Waals surface area contributed by atoms with E-state index >= 15 is 0 Å². The molecule has 33 heavy (non-hydrogen) atoms. The van der Waals surface area contributed by atoms with Crippen LogP contribution < -0.4 is 10.1 Å². The van der Waals surface area contributed by atoms with Crippen LogP contribution in [-0.2, 0) is 10.0 Å². The zero-order chi connectivity index (χ0) is 23.4. The number of sulfonamides is 1. The van der Waals surface area contributed by atoms with Crippen LogP contribution >= 0.6 is 11.3 Å². The van der Waals surface area contributed by atoms with E-state index in [1.165, 1.54) is 22.4 Å². The average Bonchev–Trinajstić information content (AvgIpc) is 3.55. The molecule has 2 fully saturated rings. The quantitative estimate of drug-likeness (QED) is 0.609. The van der Waals surface area contributed by atoms with Gasteiger partial charge in [0.1, 0.15) is 10.6 Å². The normalized spacial score (nSPS) is 19.5. The van der Waals surface area contributed by atoms with E-state index in [2.05, 4.69) is 28.6 Å². The number of piperidine rings is 1. The number of hydrogen-bond acceptors (Lipinski definition) is 6. The van der Waals surface area contributed by atoms with Crippen LogP contribution in [0.3, 0.4) is 0 Å². The standard InChI is InChI=1S/C24H33N3O4S2/c1-18-9-13-26(14-10-18)20(22-6-5-15-32-22)17-25-24(28)19-7-8-21(31-2)23(16-19)33(29,30)27-11-3-4-12-27/h5-8,15-16,18,20H,3-4,9-14,17H2,1-2H3,(H,25,28). The molecule has 2 saturated heterocycles. The Morgan fingerprint density at radius 1 is 1.18 bits per heavy atom. The molecule has 1 amide bonds. The number of ether oxygens (including phenoxy) is 1. The highest BCUT2D eigenvalue weighted by atomic mass is 32.2. The van der Waals surface area contributed by atoms with Gasteiger partial charge in [0.05, 0.1) is 13.2 Å². The largest absolute Gasteiger partial charge is 0.495 e. The molecule has 0 radical (unpaired) electrons. The number of methoxy groups -OCH3 is 1. The summed E-state index contributed by atoms with van der Waals surface area (Å²) in [5.74, 6) is 0.718. The summed E-state index contributed by atoms with van der Waals surface area (Å²) >= 11 is 1.70. The van der Waals surface area contributed by atoms with E-state index in [0.29, 0.717) is 25.2 Å². The van der Waals surface area contributed by atoms with E-state index in [4.69, 9.17) is 4.74 Å². The van der Waals surface area contributed by atoms with Gasteiger partial charge in [0, 0.05) is 30.1 Å². The third-order valence-corrected chi connectivity index (χ3v) is 9.59. The van der Waals surface area contributed by atoms with Crippen molar-refractivity contribution in [2.24, 2.45) is 5.92 Å². The lowest BCUT2D eigenvalue weighted by Crippen LogP contribution is -2.41. The van der Waals surface area contributed by atoms with E-state index in [-0.39, 0.29) is 22.6 Å². The molecule has 4 rings (SSSR count). The average molecular weight is 492 g/mol. The Balaban J connectivity index is 1.51. The van der Waals surface area contributed by atoms with Crippen molar-refractivity contribution in [3.63, 3.8) is 0 Å². The lowest BCUT2D eigenvalue weighted by atomic mass is 9.97. The minimum Gasteiger partial charge on any atom is -0.495 e. The molecule has 2 aliphatic rings. The monoisotopic (exact) mass is 491 g/mol. The van der Waals surface area contributed by atoms with Gasteiger partial charge < -0.3 is 10.1 Å². The van der Waals surface area contributed by atoms with Crippen LogP contribution in [0.25, 0.3) is 0 Å². The Labute approximate surface area is 200 Å². The number of nitrogens with zero attached hydrogens (tertiary/aromatic N) is 2. The summed E-state index contributed by atoms with van der Waals surface area (Å²) in [6, 6.07) is 8.92. The number of carbonyl (C=O) groups is 1. The molecular formula is C24H33N3O4S2. The first-order chi connectivity index (χ1) is 15.9. The Hall–Kier alpha value is -1.94. The molecule has 3 heterocycles. The SMILES string of the molecule is COc1ccc(C(=O)NCC(c2cccs2)N2CCC(C)CC2)cc1S(=O)(=O)N1CCCC1. The number of benzene rings is 1. The van der Waals surface area contributed by atoms with Gasteiger partial charge in [0.15, 0.2) is 0 Å². The number of hydrogen-bond donors (Lipinski definition) is 1. The fraction of sp³-hybridized carbons (Fsp3) is 0.542. The maximum absolute atomic E-state index is 13.2. The summed E-state index contributed by atoms with van der Waals surface area (Å²) < 4.78 is 33.1. The van der Waals surface area contributed by atoms with Crippen LogP contribution in [0.5, 0.6) is 5.75 Å². The topological polar surface area (TPSA) is 79.0 Å². The van der Waals surface area contributed by atoms with Crippen LogP contribution in [0.2, 0.25) is 0 Å². The van der Waals surface area contributed by atoms with Gasteiger partial charge in [-0.3, -0.25) is 9.69 Å². The van der Waals surface area contributed by atoms with Crippen LogP contribution in [0.4, 0.5) is 0 Å². The molecule has 1 unspecified atom stereocenters. The molecule has 1 aromatic carbocycles. The number of likely N-dealkylation sites (tertiary alicyclic amines) is 1. The zero-order valence-corrected chi connectivity index (χ0v) is 21.0. The van der Waals surface area contributed by atoms with Crippen LogP contribution in [0.1, 0.15) is 53.9 Å². The van der Waals surface area contributed by atoms with E-state index in [1.54, 1.807) is 23.5 Å². The number of amides is 1. The van der Waals surface area contributed by atoms with Crippen molar-refractivity contribution in [3.8, 4) is 5.75 Å². The molecule has 7 nitrogen and oxygen atoms in total.